The van der Waals surface area contributed by atoms with E-state index in [9.17, 15) is 4.79 Å². The lowest BCUT2D eigenvalue weighted by Gasteiger charge is -2.19. The summed E-state index contributed by atoms with van der Waals surface area (Å²) in [5, 5.41) is 0. The Balaban J connectivity index is 2.92. The molecule has 15 heavy (non-hydrogen) atoms. The summed E-state index contributed by atoms with van der Waals surface area (Å²) in [4.78, 5) is 11.1. The number of carbonyl (C=O) groups is 1. The molecule has 82 valence electrons. The van der Waals surface area contributed by atoms with Crippen LogP contribution >= 0.6 is 0 Å². The number of ether oxygens (including phenoxy) is 1. The zero-order valence-electron chi connectivity index (χ0n) is 9.78. The van der Waals surface area contributed by atoms with Crippen molar-refractivity contribution < 1.29 is 9.53 Å². The lowest BCUT2D eigenvalue weighted by atomic mass is 9.97. The Labute approximate surface area is 91.3 Å². The minimum absolute atomic E-state index is 0.0973. The van der Waals surface area contributed by atoms with E-state index in [-0.39, 0.29) is 11.9 Å². The largest absolute Gasteiger partial charge is 0.376 e. The molecular formula is C13H18O2. The Kier molecular flexibility index (Phi) is 4.04. The van der Waals surface area contributed by atoms with Crippen molar-refractivity contribution in [3.05, 3.63) is 35.4 Å². The molecule has 0 radical (unpaired) electrons. The quantitative estimate of drug-likeness (QED) is 0.707. The number of benzene rings is 1. The molecule has 0 saturated carbocycles. The van der Waals surface area contributed by atoms with Gasteiger partial charge in [0.05, 0.1) is 6.10 Å². The zero-order valence-corrected chi connectivity index (χ0v) is 9.78. The maximum atomic E-state index is 11.1. The Bertz CT molecular complexity index is 325. The summed E-state index contributed by atoms with van der Waals surface area (Å²) in [6.07, 6.45) is 0.103. The second-order valence-corrected chi connectivity index (χ2v) is 4.08. The number of hydrogen-bond donors (Lipinski definition) is 0. The maximum Gasteiger partial charge on any atom is 0.159 e. The Hall–Kier alpha value is -1.15. The van der Waals surface area contributed by atoms with Crippen LogP contribution in [0.4, 0.5) is 0 Å². The van der Waals surface area contributed by atoms with Crippen LogP contribution in [0.3, 0.4) is 0 Å². The normalized spacial score (nSPS) is 12.9. The molecule has 0 heterocycles. The first-order valence-electron chi connectivity index (χ1n) is 5.20. The van der Waals surface area contributed by atoms with E-state index < -0.39 is 0 Å². The fourth-order valence-corrected chi connectivity index (χ4v) is 1.70. The first-order chi connectivity index (χ1) is 7.06. The molecule has 0 aromatic heterocycles. The summed E-state index contributed by atoms with van der Waals surface area (Å²) in [6, 6.07) is 7.63. The molecule has 0 aliphatic heterocycles. The lowest BCUT2D eigenvalue weighted by Crippen LogP contribution is -2.09. The molecule has 1 rings (SSSR count). The van der Waals surface area contributed by atoms with Crippen molar-refractivity contribution in [2.45, 2.75) is 26.9 Å². The van der Waals surface area contributed by atoms with Crippen LogP contribution < -0.4 is 0 Å². The predicted molar refractivity (Wildman–Crippen MR) is 61.0 cm³/mol. The van der Waals surface area contributed by atoms with Gasteiger partial charge in [0.2, 0.25) is 0 Å². The SMILES string of the molecule is COC(c1ccc(C(C)=O)cc1)C(C)C. The molecule has 1 unspecified atom stereocenters. The third kappa shape index (κ3) is 2.90. The summed E-state index contributed by atoms with van der Waals surface area (Å²) in [5.41, 5.74) is 1.87. The van der Waals surface area contributed by atoms with Crippen molar-refractivity contribution in [3.8, 4) is 0 Å². The predicted octanol–water partition coefficient (Wildman–Crippen LogP) is 3.23. The van der Waals surface area contributed by atoms with Gasteiger partial charge in [-0.25, -0.2) is 0 Å². The third-order valence-corrected chi connectivity index (χ3v) is 2.51. The third-order valence-electron chi connectivity index (χ3n) is 2.51. The van der Waals surface area contributed by atoms with Crippen molar-refractivity contribution in [2.24, 2.45) is 5.92 Å². The van der Waals surface area contributed by atoms with Gasteiger partial charge in [-0.05, 0) is 18.4 Å². The molecule has 0 aliphatic rings. The van der Waals surface area contributed by atoms with Gasteiger partial charge in [0, 0.05) is 12.7 Å². The number of methoxy groups -OCH3 is 1. The van der Waals surface area contributed by atoms with Crippen molar-refractivity contribution in [1.82, 2.24) is 0 Å². The van der Waals surface area contributed by atoms with Gasteiger partial charge in [-0.3, -0.25) is 4.79 Å². The molecule has 0 N–H and O–H groups in total. The Morgan fingerprint density at radius 2 is 1.73 bits per heavy atom. The molecule has 0 amide bonds. The second-order valence-electron chi connectivity index (χ2n) is 4.08. The number of carbonyl (C=O) groups excluding carboxylic acids is 1. The second kappa shape index (κ2) is 5.08. The minimum Gasteiger partial charge on any atom is -0.376 e. The van der Waals surface area contributed by atoms with Crippen LogP contribution in [0.5, 0.6) is 0 Å². The summed E-state index contributed by atoms with van der Waals surface area (Å²) in [7, 11) is 1.71. The van der Waals surface area contributed by atoms with Gasteiger partial charge in [0.1, 0.15) is 0 Å². The number of Topliss-reactive ketones (excluding diaryl/α,β-unsaturated/α-hetero) is 1. The Morgan fingerprint density at radius 3 is 2.07 bits per heavy atom. The molecule has 0 fully saturated rings. The van der Waals surface area contributed by atoms with E-state index >= 15 is 0 Å². The maximum absolute atomic E-state index is 11.1. The van der Waals surface area contributed by atoms with Gasteiger partial charge in [0.25, 0.3) is 0 Å². The molecule has 0 aliphatic carbocycles. The highest BCUT2D eigenvalue weighted by Gasteiger charge is 2.14. The first-order valence-corrected chi connectivity index (χ1v) is 5.20. The number of ketones is 1. The van der Waals surface area contributed by atoms with Crippen LogP contribution in [-0.4, -0.2) is 12.9 Å². The molecule has 1 atom stereocenters. The van der Waals surface area contributed by atoms with Crippen molar-refractivity contribution in [2.75, 3.05) is 7.11 Å². The average molecular weight is 206 g/mol. The van der Waals surface area contributed by atoms with Crippen molar-refractivity contribution in [1.29, 1.82) is 0 Å². The van der Waals surface area contributed by atoms with Crippen LogP contribution in [0.15, 0.2) is 24.3 Å². The van der Waals surface area contributed by atoms with Crippen molar-refractivity contribution >= 4 is 5.78 Å². The molecule has 2 nitrogen and oxygen atoms in total. The fourth-order valence-electron chi connectivity index (χ4n) is 1.70. The van der Waals surface area contributed by atoms with E-state index in [0.29, 0.717) is 5.92 Å². The first kappa shape index (κ1) is 11.9. The van der Waals surface area contributed by atoms with E-state index in [1.807, 2.05) is 24.3 Å². The van der Waals surface area contributed by atoms with Crippen LogP contribution in [0.25, 0.3) is 0 Å². The van der Waals surface area contributed by atoms with E-state index in [1.165, 1.54) is 0 Å². The summed E-state index contributed by atoms with van der Waals surface area (Å²) in [5.74, 6) is 0.526. The average Bonchev–Trinajstić information content (AvgIpc) is 2.19. The fraction of sp³-hybridized carbons (Fsp3) is 0.462. The highest BCUT2D eigenvalue weighted by Crippen LogP contribution is 2.25. The van der Waals surface area contributed by atoms with E-state index in [2.05, 4.69) is 13.8 Å². The summed E-state index contributed by atoms with van der Waals surface area (Å²) >= 11 is 0. The molecule has 1 aromatic carbocycles. The van der Waals surface area contributed by atoms with Crippen molar-refractivity contribution in [3.63, 3.8) is 0 Å². The smallest absolute Gasteiger partial charge is 0.159 e. The van der Waals surface area contributed by atoms with Gasteiger partial charge in [-0.1, -0.05) is 38.1 Å². The summed E-state index contributed by atoms with van der Waals surface area (Å²) < 4.78 is 5.41. The van der Waals surface area contributed by atoms with Gasteiger partial charge >= 0.3 is 0 Å². The molecule has 2 heteroatoms. The van der Waals surface area contributed by atoms with E-state index in [0.717, 1.165) is 11.1 Å². The molecule has 0 spiro atoms. The molecule has 0 saturated heterocycles. The highest BCUT2D eigenvalue weighted by molar-refractivity contribution is 5.94. The molecular weight excluding hydrogens is 188 g/mol. The topological polar surface area (TPSA) is 26.3 Å². The highest BCUT2D eigenvalue weighted by atomic mass is 16.5. The van der Waals surface area contributed by atoms with Crippen LogP contribution in [0.1, 0.15) is 42.8 Å². The molecule has 0 bridgehead atoms. The summed E-state index contributed by atoms with van der Waals surface area (Å²) in [6.45, 7) is 5.81. The van der Waals surface area contributed by atoms with Crippen LogP contribution in [-0.2, 0) is 4.74 Å². The number of rotatable bonds is 4. The van der Waals surface area contributed by atoms with Gasteiger partial charge in [-0.15, -0.1) is 0 Å². The van der Waals surface area contributed by atoms with E-state index in [4.69, 9.17) is 4.74 Å². The standard InChI is InChI=1S/C13H18O2/c1-9(2)13(15-4)12-7-5-11(6-8-12)10(3)14/h5-9,13H,1-4H3. The van der Waals surface area contributed by atoms with Gasteiger partial charge in [0.15, 0.2) is 5.78 Å². The minimum atomic E-state index is 0.0973. The van der Waals surface area contributed by atoms with Gasteiger partial charge < -0.3 is 4.74 Å². The Morgan fingerprint density at radius 1 is 1.20 bits per heavy atom. The monoisotopic (exact) mass is 206 g/mol. The molecule has 1 aromatic rings. The number of hydrogen-bond acceptors (Lipinski definition) is 2. The van der Waals surface area contributed by atoms with Crippen LogP contribution in [0.2, 0.25) is 0 Å². The lowest BCUT2D eigenvalue weighted by molar-refractivity contribution is 0.0646. The van der Waals surface area contributed by atoms with E-state index in [1.54, 1.807) is 14.0 Å². The van der Waals surface area contributed by atoms with Gasteiger partial charge in [-0.2, -0.15) is 0 Å². The zero-order chi connectivity index (χ0) is 11.4. The van der Waals surface area contributed by atoms with Crippen LogP contribution in [0, 0.1) is 5.92 Å².